The van der Waals surface area contributed by atoms with Crippen LogP contribution in [0.4, 0.5) is 17.1 Å². The van der Waals surface area contributed by atoms with Crippen LogP contribution in [0.2, 0.25) is 0 Å². The van der Waals surface area contributed by atoms with Crippen LogP contribution in [0.1, 0.15) is 25.0 Å². The van der Waals surface area contributed by atoms with Gasteiger partial charge in [-0.25, -0.2) is 0 Å². The molecule has 0 amide bonds. The molecule has 1 heteroatoms. The average molecular weight is 564 g/mol. The molecule has 0 saturated carbocycles. The van der Waals surface area contributed by atoms with E-state index in [1.165, 1.54) is 55.3 Å². The summed E-state index contributed by atoms with van der Waals surface area (Å²) in [6, 6.07) is 59.5. The highest BCUT2D eigenvalue weighted by atomic mass is 15.1. The van der Waals surface area contributed by atoms with Crippen LogP contribution in [0.3, 0.4) is 0 Å². The van der Waals surface area contributed by atoms with E-state index in [4.69, 9.17) is 0 Å². The molecule has 0 bridgehead atoms. The highest BCUT2D eigenvalue weighted by Gasteiger charge is 2.36. The number of fused-ring (bicyclic) bond motifs is 5. The number of anilines is 3. The van der Waals surface area contributed by atoms with Gasteiger partial charge in [0.2, 0.25) is 0 Å². The molecule has 0 radical (unpaired) electrons. The molecule has 8 rings (SSSR count). The summed E-state index contributed by atoms with van der Waals surface area (Å²) in [4.78, 5) is 2.39. The van der Waals surface area contributed by atoms with Crippen LogP contribution < -0.4 is 4.90 Å². The Hall–Kier alpha value is -5.40. The van der Waals surface area contributed by atoms with E-state index in [0.717, 1.165) is 17.1 Å². The maximum absolute atomic E-state index is 2.40. The predicted molar refractivity (Wildman–Crippen MR) is 187 cm³/mol. The standard InChI is InChI=1S/C43H33N/c1-43(2)41-16-10-9-15-38(41)39-28-22-34-21-27-37(29-40(34)42(39)43)44(35-23-17-32(18-24-35)30-11-5-3-6-12-30)36-25-19-33(20-26-36)31-13-7-4-8-14-31/h3-29H,1-2H3. The predicted octanol–water partition coefficient (Wildman–Crippen LogP) is 11.9. The summed E-state index contributed by atoms with van der Waals surface area (Å²) in [5.41, 5.74) is 13.7. The molecule has 1 nitrogen and oxygen atoms in total. The first-order chi connectivity index (χ1) is 21.6. The molecule has 0 atom stereocenters. The van der Waals surface area contributed by atoms with E-state index in [2.05, 4.69) is 183 Å². The number of hydrogen-bond donors (Lipinski definition) is 0. The van der Waals surface area contributed by atoms with Crippen LogP contribution >= 0.6 is 0 Å². The summed E-state index contributed by atoms with van der Waals surface area (Å²) in [5.74, 6) is 0. The Balaban J connectivity index is 1.29. The first-order valence-electron chi connectivity index (χ1n) is 15.4. The van der Waals surface area contributed by atoms with Crippen molar-refractivity contribution >= 4 is 27.8 Å². The first kappa shape index (κ1) is 26.2. The van der Waals surface area contributed by atoms with Gasteiger partial charge in [0.1, 0.15) is 0 Å². The van der Waals surface area contributed by atoms with Crippen molar-refractivity contribution in [3.05, 3.63) is 175 Å². The van der Waals surface area contributed by atoms with E-state index >= 15 is 0 Å². The molecule has 0 spiro atoms. The second-order valence-corrected chi connectivity index (χ2v) is 12.2. The number of hydrogen-bond acceptors (Lipinski definition) is 1. The van der Waals surface area contributed by atoms with E-state index in [0.29, 0.717) is 0 Å². The van der Waals surface area contributed by atoms with Gasteiger partial charge < -0.3 is 4.90 Å². The molecule has 0 aromatic heterocycles. The summed E-state index contributed by atoms with van der Waals surface area (Å²) < 4.78 is 0. The second-order valence-electron chi connectivity index (χ2n) is 12.2. The van der Waals surface area contributed by atoms with Gasteiger partial charge in [0.15, 0.2) is 0 Å². The number of nitrogens with zero attached hydrogens (tertiary/aromatic N) is 1. The summed E-state index contributed by atoms with van der Waals surface area (Å²) in [7, 11) is 0. The van der Waals surface area contributed by atoms with Crippen molar-refractivity contribution in [1.29, 1.82) is 0 Å². The average Bonchev–Trinajstić information content (AvgIpc) is 3.33. The Kier molecular flexibility index (Phi) is 6.20. The Morgan fingerprint density at radius 2 is 0.886 bits per heavy atom. The van der Waals surface area contributed by atoms with Gasteiger partial charge in [-0.1, -0.05) is 141 Å². The van der Waals surface area contributed by atoms with Crippen molar-refractivity contribution in [1.82, 2.24) is 0 Å². The third-order valence-corrected chi connectivity index (χ3v) is 9.24. The molecule has 1 aliphatic carbocycles. The van der Waals surface area contributed by atoms with Crippen molar-refractivity contribution in [2.75, 3.05) is 4.90 Å². The van der Waals surface area contributed by atoms with Crippen molar-refractivity contribution in [3.63, 3.8) is 0 Å². The van der Waals surface area contributed by atoms with E-state index in [9.17, 15) is 0 Å². The summed E-state index contributed by atoms with van der Waals surface area (Å²) >= 11 is 0. The lowest BCUT2D eigenvalue weighted by Gasteiger charge is -2.28. The zero-order valence-electron chi connectivity index (χ0n) is 25.0. The van der Waals surface area contributed by atoms with Crippen molar-refractivity contribution in [2.45, 2.75) is 19.3 Å². The molecule has 0 saturated heterocycles. The van der Waals surface area contributed by atoms with Crippen molar-refractivity contribution < 1.29 is 0 Å². The lowest BCUT2D eigenvalue weighted by Crippen LogP contribution is -2.16. The van der Waals surface area contributed by atoms with Gasteiger partial charge in [0, 0.05) is 22.5 Å². The van der Waals surface area contributed by atoms with Gasteiger partial charge >= 0.3 is 0 Å². The van der Waals surface area contributed by atoms with Gasteiger partial charge in [-0.15, -0.1) is 0 Å². The first-order valence-corrected chi connectivity index (χ1v) is 15.4. The van der Waals surface area contributed by atoms with Gasteiger partial charge in [0.05, 0.1) is 0 Å². The van der Waals surface area contributed by atoms with Gasteiger partial charge in [-0.2, -0.15) is 0 Å². The molecule has 7 aromatic rings. The molecule has 0 fully saturated rings. The van der Waals surface area contributed by atoms with E-state index in [-0.39, 0.29) is 5.41 Å². The minimum Gasteiger partial charge on any atom is -0.310 e. The molecule has 44 heavy (non-hydrogen) atoms. The summed E-state index contributed by atoms with van der Waals surface area (Å²) in [6.07, 6.45) is 0. The quantitative estimate of drug-likeness (QED) is 0.201. The number of benzene rings is 7. The molecule has 210 valence electrons. The Morgan fingerprint density at radius 3 is 1.48 bits per heavy atom. The molecule has 0 N–H and O–H groups in total. The molecular formula is C43H33N. The van der Waals surface area contributed by atoms with Crippen LogP contribution in [-0.2, 0) is 5.41 Å². The zero-order chi connectivity index (χ0) is 29.7. The summed E-state index contributed by atoms with van der Waals surface area (Å²) in [5, 5.41) is 2.58. The third-order valence-electron chi connectivity index (χ3n) is 9.24. The lowest BCUT2D eigenvalue weighted by molar-refractivity contribution is 0.666. The van der Waals surface area contributed by atoms with E-state index in [1.54, 1.807) is 0 Å². The monoisotopic (exact) mass is 563 g/mol. The fourth-order valence-electron chi connectivity index (χ4n) is 7.06. The Labute approximate surface area is 259 Å². The molecule has 0 heterocycles. The van der Waals surface area contributed by atoms with Crippen LogP contribution in [0, 0.1) is 0 Å². The Bertz CT molecular complexity index is 2020. The lowest BCUT2D eigenvalue weighted by atomic mass is 9.80. The van der Waals surface area contributed by atoms with E-state index in [1.807, 2.05) is 0 Å². The smallest absolute Gasteiger partial charge is 0.0468 e. The molecule has 0 unspecified atom stereocenters. The maximum atomic E-state index is 2.40. The SMILES string of the molecule is CC1(C)c2ccccc2-c2ccc3ccc(N(c4ccc(-c5ccccc5)cc4)c4ccc(-c5ccccc5)cc4)cc3c21. The fraction of sp³-hybridized carbons (Fsp3) is 0.0698. The molecule has 7 aromatic carbocycles. The van der Waals surface area contributed by atoms with Crippen molar-refractivity contribution in [2.24, 2.45) is 0 Å². The van der Waals surface area contributed by atoms with Gasteiger partial charge in [-0.3, -0.25) is 0 Å². The third kappa shape index (κ3) is 4.32. The molecule has 0 aliphatic heterocycles. The van der Waals surface area contributed by atoms with Crippen LogP contribution in [0.5, 0.6) is 0 Å². The minimum atomic E-state index is -0.0798. The van der Waals surface area contributed by atoms with E-state index < -0.39 is 0 Å². The number of rotatable bonds is 5. The van der Waals surface area contributed by atoms with Crippen molar-refractivity contribution in [3.8, 4) is 33.4 Å². The minimum absolute atomic E-state index is 0.0798. The fourth-order valence-corrected chi connectivity index (χ4v) is 7.06. The van der Waals surface area contributed by atoms with Crippen LogP contribution in [0.25, 0.3) is 44.2 Å². The van der Waals surface area contributed by atoms with Gasteiger partial charge in [-0.05, 0) is 91.7 Å². The highest BCUT2D eigenvalue weighted by molar-refractivity contribution is 6.00. The largest absolute Gasteiger partial charge is 0.310 e. The van der Waals surface area contributed by atoms with Crippen LogP contribution in [0.15, 0.2) is 164 Å². The maximum Gasteiger partial charge on any atom is 0.0468 e. The summed E-state index contributed by atoms with van der Waals surface area (Å²) in [6.45, 7) is 4.73. The normalized spacial score (nSPS) is 13.0. The molecule has 1 aliphatic rings. The molecular weight excluding hydrogens is 530 g/mol. The van der Waals surface area contributed by atoms with Crippen LogP contribution in [-0.4, -0.2) is 0 Å². The highest BCUT2D eigenvalue weighted by Crippen LogP contribution is 2.52. The second kappa shape index (κ2) is 10.4. The zero-order valence-corrected chi connectivity index (χ0v) is 25.0. The topological polar surface area (TPSA) is 3.24 Å². The van der Waals surface area contributed by atoms with Gasteiger partial charge in [0.25, 0.3) is 0 Å². The Morgan fingerprint density at radius 1 is 0.409 bits per heavy atom.